The van der Waals surface area contributed by atoms with Crippen molar-refractivity contribution in [2.45, 2.75) is 44.6 Å². The van der Waals surface area contributed by atoms with E-state index in [1.54, 1.807) is 7.11 Å². The van der Waals surface area contributed by atoms with Crippen LogP contribution in [0.5, 0.6) is 0 Å². The van der Waals surface area contributed by atoms with Gasteiger partial charge in [-0.25, -0.2) is 4.79 Å². The van der Waals surface area contributed by atoms with Gasteiger partial charge in [0, 0.05) is 19.6 Å². The highest BCUT2D eigenvalue weighted by Gasteiger charge is 2.26. The Labute approximate surface area is 102 Å². The van der Waals surface area contributed by atoms with E-state index < -0.39 is 12.0 Å². The van der Waals surface area contributed by atoms with Gasteiger partial charge in [0.1, 0.15) is 6.04 Å². The van der Waals surface area contributed by atoms with Crippen molar-refractivity contribution in [3.8, 4) is 0 Å². The van der Waals surface area contributed by atoms with Crippen LogP contribution in [-0.2, 0) is 14.3 Å². The van der Waals surface area contributed by atoms with Crippen molar-refractivity contribution < 1.29 is 19.4 Å². The smallest absolute Gasteiger partial charge is 0.326 e. The van der Waals surface area contributed by atoms with Crippen LogP contribution in [0.15, 0.2) is 0 Å². The molecular formula is C12H21NO4. The highest BCUT2D eigenvalue weighted by atomic mass is 16.5. The molecule has 0 spiro atoms. The summed E-state index contributed by atoms with van der Waals surface area (Å²) in [4.78, 5) is 22.8. The lowest BCUT2D eigenvalue weighted by Crippen LogP contribution is -2.43. The summed E-state index contributed by atoms with van der Waals surface area (Å²) in [5, 5.41) is 11.6. The van der Waals surface area contributed by atoms with Crippen LogP contribution in [0, 0.1) is 5.92 Å². The van der Waals surface area contributed by atoms with E-state index in [0.717, 1.165) is 25.7 Å². The Morgan fingerprint density at radius 3 is 2.59 bits per heavy atom. The minimum Gasteiger partial charge on any atom is -0.480 e. The Hall–Kier alpha value is -1.10. The second kappa shape index (κ2) is 7.27. The van der Waals surface area contributed by atoms with E-state index in [9.17, 15) is 9.59 Å². The van der Waals surface area contributed by atoms with Gasteiger partial charge in [0.05, 0.1) is 0 Å². The van der Waals surface area contributed by atoms with Crippen molar-refractivity contribution >= 4 is 11.9 Å². The van der Waals surface area contributed by atoms with Gasteiger partial charge in [-0.15, -0.1) is 0 Å². The number of carboxylic acids is 1. The number of hydrogen-bond donors (Lipinski definition) is 2. The molecule has 1 amide bonds. The van der Waals surface area contributed by atoms with Crippen LogP contribution in [0.3, 0.4) is 0 Å². The van der Waals surface area contributed by atoms with Crippen molar-refractivity contribution in [3.05, 3.63) is 0 Å². The van der Waals surface area contributed by atoms with Gasteiger partial charge in [-0.2, -0.15) is 0 Å². The molecule has 1 unspecified atom stereocenters. The summed E-state index contributed by atoms with van der Waals surface area (Å²) < 4.78 is 4.87. The Balaban J connectivity index is 2.36. The summed E-state index contributed by atoms with van der Waals surface area (Å²) >= 11 is 0. The van der Waals surface area contributed by atoms with E-state index in [1.165, 1.54) is 0 Å². The number of hydrogen-bond acceptors (Lipinski definition) is 3. The molecule has 98 valence electrons. The summed E-state index contributed by atoms with van der Waals surface area (Å²) in [5.74, 6) is -1.06. The average Bonchev–Trinajstić information content (AvgIpc) is 2.81. The van der Waals surface area contributed by atoms with Gasteiger partial charge in [0.2, 0.25) is 5.91 Å². The molecule has 1 aliphatic carbocycles. The van der Waals surface area contributed by atoms with Gasteiger partial charge >= 0.3 is 5.97 Å². The molecule has 1 rings (SSSR count). The first-order valence-electron chi connectivity index (χ1n) is 6.17. The van der Waals surface area contributed by atoms with Gasteiger partial charge in [-0.05, 0) is 25.7 Å². The molecule has 5 heteroatoms. The summed E-state index contributed by atoms with van der Waals surface area (Å²) in [5.41, 5.74) is 0. The van der Waals surface area contributed by atoms with Crippen LogP contribution in [0.2, 0.25) is 0 Å². The fraction of sp³-hybridized carbons (Fsp3) is 0.833. The predicted molar refractivity (Wildman–Crippen MR) is 62.6 cm³/mol. The maximum Gasteiger partial charge on any atom is 0.326 e. The maximum absolute atomic E-state index is 11.8. The maximum atomic E-state index is 11.8. The fourth-order valence-corrected chi connectivity index (χ4v) is 2.17. The van der Waals surface area contributed by atoms with E-state index in [1.807, 2.05) is 0 Å². The predicted octanol–water partition coefficient (Wildman–Crippen LogP) is 1.17. The molecule has 0 aromatic heterocycles. The SMILES string of the molecule is COCCCC(NC(=O)C1CCCC1)C(=O)O. The first-order valence-corrected chi connectivity index (χ1v) is 6.17. The zero-order valence-electron chi connectivity index (χ0n) is 10.3. The fourth-order valence-electron chi connectivity index (χ4n) is 2.17. The second-order valence-corrected chi connectivity index (χ2v) is 4.52. The van der Waals surface area contributed by atoms with Crippen molar-refractivity contribution in [3.63, 3.8) is 0 Å². The molecule has 1 fully saturated rings. The largest absolute Gasteiger partial charge is 0.480 e. The molecule has 1 saturated carbocycles. The Kier molecular flexibility index (Phi) is 5.97. The Bertz CT molecular complexity index is 261. The van der Waals surface area contributed by atoms with Crippen molar-refractivity contribution in [2.24, 2.45) is 5.92 Å². The van der Waals surface area contributed by atoms with Gasteiger partial charge in [-0.1, -0.05) is 12.8 Å². The summed E-state index contributed by atoms with van der Waals surface area (Å²) in [7, 11) is 1.58. The first kappa shape index (κ1) is 14.0. The molecule has 0 saturated heterocycles. The van der Waals surface area contributed by atoms with Crippen molar-refractivity contribution in [1.82, 2.24) is 5.32 Å². The number of methoxy groups -OCH3 is 1. The summed E-state index contributed by atoms with van der Waals surface area (Å²) in [6, 6.07) is -0.779. The molecule has 0 bridgehead atoms. The van der Waals surface area contributed by atoms with E-state index in [2.05, 4.69) is 5.32 Å². The molecule has 1 atom stereocenters. The second-order valence-electron chi connectivity index (χ2n) is 4.52. The van der Waals surface area contributed by atoms with Gasteiger partial charge < -0.3 is 15.2 Å². The summed E-state index contributed by atoms with van der Waals surface area (Å²) in [6.07, 6.45) is 4.96. The average molecular weight is 243 g/mol. The number of aliphatic carboxylic acids is 1. The minimum atomic E-state index is -0.965. The van der Waals surface area contributed by atoms with Crippen LogP contribution < -0.4 is 5.32 Å². The lowest BCUT2D eigenvalue weighted by molar-refractivity contribution is -0.142. The number of ether oxygens (including phenoxy) is 1. The zero-order chi connectivity index (χ0) is 12.7. The topological polar surface area (TPSA) is 75.6 Å². The molecule has 0 radical (unpaired) electrons. The highest BCUT2D eigenvalue weighted by Crippen LogP contribution is 2.24. The molecular weight excluding hydrogens is 222 g/mol. The van der Waals surface area contributed by atoms with Gasteiger partial charge in [0.15, 0.2) is 0 Å². The molecule has 2 N–H and O–H groups in total. The van der Waals surface area contributed by atoms with Crippen LogP contribution in [-0.4, -0.2) is 36.7 Å². The molecule has 0 heterocycles. The number of rotatable bonds is 7. The molecule has 17 heavy (non-hydrogen) atoms. The number of carbonyl (C=O) groups excluding carboxylic acids is 1. The quantitative estimate of drug-likeness (QED) is 0.658. The molecule has 0 aromatic rings. The third-order valence-electron chi connectivity index (χ3n) is 3.18. The lowest BCUT2D eigenvalue weighted by atomic mass is 10.1. The minimum absolute atomic E-state index is 0.0132. The molecule has 5 nitrogen and oxygen atoms in total. The van der Waals surface area contributed by atoms with Crippen molar-refractivity contribution in [1.29, 1.82) is 0 Å². The van der Waals surface area contributed by atoms with Gasteiger partial charge in [0.25, 0.3) is 0 Å². The lowest BCUT2D eigenvalue weighted by Gasteiger charge is -2.17. The third-order valence-corrected chi connectivity index (χ3v) is 3.18. The number of amides is 1. The monoisotopic (exact) mass is 243 g/mol. The number of carbonyl (C=O) groups is 2. The van der Waals surface area contributed by atoms with E-state index in [-0.39, 0.29) is 11.8 Å². The van der Waals surface area contributed by atoms with Crippen LogP contribution >= 0.6 is 0 Å². The third kappa shape index (κ3) is 4.73. The first-order chi connectivity index (χ1) is 8.15. The standard InChI is InChI=1S/C12H21NO4/c1-17-8-4-7-10(12(15)16)13-11(14)9-5-2-3-6-9/h9-10H,2-8H2,1H3,(H,13,14)(H,15,16). The van der Waals surface area contributed by atoms with Crippen molar-refractivity contribution in [2.75, 3.05) is 13.7 Å². The number of carboxylic acid groups (broad SMARTS) is 1. The Morgan fingerprint density at radius 2 is 2.06 bits per heavy atom. The van der Waals surface area contributed by atoms with Crippen LogP contribution in [0.1, 0.15) is 38.5 Å². The highest BCUT2D eigenvalue weighted by molar-refractivity contribution is 5.85. The Morgan fingerprint density at radius 1 is 1.41 bits per heavy atom. The van der Waals surface area contributed by atoms with Gasteiger partial charge in [-0.3, -0.25) is 4.79 Å². The summed E-state index contributed by atoms with van der Waals surface area (Å²) in [6.45, 7) is 0.517. The molecule has 0 aromatic carbocycles. The molecule has 1 aliphatic rings. The van der Waals surface area contributed by atoms with E-state index in [4.69, 9.17) is 9.84 Å². The van der Waals surface area contributed by atoms with E-state index >= 15 is 0 Å². The zero-order valence-corrected chi connectivity index (χ0v) is 10.3. The van der Waals surface area contributed by atoms with E-state index in [0.29, 0.717) is 19.4 Å². The molecule has 0 aliphatic heterocycles. The number of nitrogens with one attached hydrogen (secondary N) is 1. The normalized spacial score (nSPS) is 17.9. The van der Waals surface area contributed by atoms with Crippen LogP contribution in [0.25, 0.3) is 0 Å². The van der Waals surface area contributed by atoms with Crippen LogP contribution in [0.4, 0.5) is 0 Å².